The number of carboxylic acids is 1. The molecule has 0 spiro atoms. The van der Waals surface area contributed by atoms with Gasteiger partial charge in [0.2, 0.25) is 0 Å². The Kier molecular flexibility index (Phi) is 4.07. The maximum absolute atomic E-state index is 13.2. The zero-order valence-corrected chi connectivity index (χ0v) is 11.0. The number of aliphatic hydroxyl groups is 1. The van der Waals surface area contributed by atoms with E-state index >= 15 is 0 Å². The van der Waals surface area contributed by atoms with Crippen molar-refractivity contribution in [2.24, 2.45) is 0 Å². The molecule has 0 saturated heterocycles. The Morgan fingerprint density at radius 3 is 2.50 bits per heavy atom. The fraction of sp³-hybridized carbons (Fsp3) is 0.125. The highest BCUT2D eigenvalue weighted by Gasteiger charge is 2.23. The predicted octanol–water partition coefficient (Wildman–Crippen LogP) is 2.15. The molecule has 1 aromatic rings. The molecular formula is C8H5FI2O3. The van der Waals surface area contributed by atoms with Gasteiger partial charge in [-0.3, -0.25) is 0 Å². The second kappa shape index (κ2) is 4.71. The van der Waals surface area contributed by atoms with Crippen LogP contribution in [0.3, 0.4) is 0 Å². The van der Waals surface area contributed by atoms with E-state index in [-0.39, 0.29) is 5.56 Å². The van der Waals surface area contributed by atoms with Gasteiger partial charge >= 0.3 is 5.97 Å². The van der Waals surface area contributed by atoms with Crippen LogP contribution in [-0.2, 0) is 4.79 Å². The molecule has 76 valence electrons. The van der Waals surface area contributed by atoms with Gasteiger partial charge in [0.05, 0.1) is 0 Å². The van der Waals surface area contributed by atoms with Crippen molar-refractivity contribution in [2.45, 2.75) is 6.10 Å². The molecule has 0 radical (unpaired) electrons. The van der Waals surface area contributed by atoms with Crippen molar-refractivity contribution in [1.29, 1.82) is 0 Å². The van der Waals surface area contributed by atoms with Gasteiger partial charge in [0.1, 0.15) is 5.82 Å². The molecule has 0 heterocycles. The average molecular weight is 422 g/mol. The van der Waals surface area contributed by atoms with Crippen molar-refractivity contribution in [3.8, 4) is 0 Å². The maximum atomic E-state index is 13.2. The minimum Gasteiger partial charge on any atom is -0.479 e. The van der Waals surface area contributed by atoms with E-state index < -0.39 is 17.9 Å². The molecule has 0 saturated carbocycles. The number of benzene rings is 1. The minimum atomic E-state index is -1.81. The fourth-order valence-electron chi connectivity index (χ4n) is 0.917. The summed E-state index contributed by atoms with van der Waals surface area (Å²) in [6.45, 7) is 0. The van der Waals surface area contributed by atoms with Crippen LogP contribution >= 0.6 is 45.2 Å². The number of carbonyl (C=O) groups is 1. The van der Waals surface area contributed by atoms with Gasteiger partial charge in [0, 0.05) is 12.7 Å². The van der Waals surface area contributed by atoms with Crippen LogP contribution in [-0.4, -0.2) is 16.2 Å². The van der Waals surface area contributed by atoms with E-state index in [9.17, 15) is 14.3 Å². The Morgan fingerprint density at radius 1 is 1.43 bits per heavy atom. The number of aliphatic hydroxyl groups excluding tert-OH is 1. The lowest BCUT2D eigenvalue weighted by Crippen LogP contribution is -2.14. The molecular weight excluding hydrogens is 417 g/mol. The Bertz CT molecular complexity index is 381. The molecule has 6 heteroatoms. The van der Waals surface area contributed by atoms with Crippen LogP contribution in [0.25, 0.3) is 0 Å². The lowest BCUT2D eigenvalue weighted by atomic mass is 10.1. The van der Waals surface area contributed by atoms with Crippen LogP contribution in [0.2, 0.25) is 0 Å². The number of rotatable bonds is 2. The summed E-state index contributed by atoms with van der Waals surface area (Å²) >= 11 is 3.75. The summed E-state index contributed by atoms with van der Waals surface area (Å²) in [5.74, 6) is -2.16. The molecule has 3 nitrogen and oxygen atoms in total. The topological polar surface area (TPSA) is 57.5 Å². The van der Waals surface area contributed by atoms with Crippen molar-refractivity contribution in [1.82, 2.24) is 0 Å². The number of hydrogen-bond donors (Lipinski definition) is 2. The lowest BCUT2D eigenvalue weighted by molar-refractivity contribution is -0.147. The highest BCUT2D eigenvalue weighted by atomic mass is 127. The molecule has 1 rings (SSSR count). The highest BCUT2D eigenvalue weighted by molar-refractivity contribution is 14.1. The molecule has 0 bridgehead atoms. The first-order valence-electron chi connectivity index (χ1n) is 3.49. The zero-order valence-electron chi connectivity index (χ0n) is 6.67. The SMILES string of the molecule is O=C(O)C(O)c1c(F)ccc(I)c1I. The van der Waals surface area contributed by atoms with E-state index in [4.69, 9.17) is 5.11 Å². The van der Waals surface area contributed by atoms with Crippen LogP contribution in [0.4, 0.5) is 4.39 Å². The third-order valence-electron chi connectivity index (χ3n) is 1.59. The van der Waals surface area contributed by atoms with Gasteiger partial charge in [-0.25, -0.2) is 9.18 Å². The highest BCUT2D eigenvalue weighted by Crippen LogP contribution is 2.27. The second-order valence-electron chi connectivity index (χ2n) is 2.50. The third-order valence-corrected chi connectivity index (χ3v) is 4.68. The van der Waals surface area contributed by atoms with E-state index in [1.54, 1.807) is 0 Å². The first kappa shape index (κ1) is 12.1. The number of carboxylic acid groups (broad SMARTS) is 1. The molecule has 0 amide bonds. The first-order chi connectivity index (χ1) is 6.45. The van der Waals surface area contributed by atoms with Crippen molar-refractivity contribution in [2.75, 3.05) is 0 Å². The Hall–Kier alpha value is 0.0400. The van der Waals surface area contributed by atoms with E-state index in [2.05, 4.69) is 0 Å². The monoisotopic (exact) mass is 422 g/mol. The van der Waals surface area contributed by atoms with Gasteiger partial charge in [0.15, 0.2) is 6.10 Å². The van der Waals surface area contributed by atoms with Crippen molar-refractivity contribution < 1.29 is 19.4 Å². The average Bonchev–Trinajstić information content (AvgIpc) is 2.12. The summed E-state index contributed by atoms with van der Waals surface area (Å²) in [5.41, 5.74) is -0.176. The predicted molar refractivity (Wildman–Crippen MR) is 64.4 cm³/mol. The number of halogens is 3. The summed E-state index contributed by atoms with van der Waals surface area (Å²) in [5, 5.41) is 17.8. The largest absolute Gasteiger partial charge is 0.479 e. The van der Waals surface area contributed by atoms with Crippen molar-refractivity contribution in [3.05, 3.63) is 30.7 Å². The summed E-state index contributed by atoms with van der Waals surface area (Å²) < 4.78 is 14.3. The summed E-state index contributed by atoms with van der Waals surface area (Å²) in [7, 11) is 0. The minimum absolute atomic E-state index is 0.176. The van der Waals surface area contributed by atoms with Crippen LogP contribution < -0.4 is 0 Å². The standard InChI is InChI=1S/C8H5FI2O3/c9-3-1-2-4(10)6(11)5(3)7(12)8(13)14/h1-2,7,12H,(H,13,14). The van der Waals surface area contributed by atoms with Crippen molar-refractivity contribution in [3.63, 3.8) is 0 Å². The molecule has 14 heavy (non-hydrogen) atoms. The molecule has 2 N–H and O–H groups in total. The molecule has 0 aromatic heterocycles. The molecule has 0 aliphatic rings. The van der Waals surface area contributed by atoms with E-state index in [1.807, 2.05) is 45.2 Å². The smallest absolute Gasteiger partial charge is 0.337 e. The molecule has 1 aromatic carbocycles. The van der Waals surface area contributed by atoms with Gasteiger partial charge < -0.3 is 10.2 Å². The molecule has 0 aliphatic heterocycles. The third kappa shape index (κ3) is 2.34. The Morgan fingerprint density at radius 2 is 2.00 bits per heavy atom. The molecule has 1 unspecified atom stereocenters. The normalized spacial score (nSPS) is 12.6. The van der Waals surface area contributed by atoms with Crippen LogP contribution in [0.5, 0.6) is 0 Å². The van der Waals surface area contributed by atoms with E-state index in [0.29, 0.717) is 7.14 Å². The molecule has 0 fully saturated rings. The molecule has 1 atom stereocenters. The van der Waals surface area contributed by atoms with Gasteiger partial charge in [0.25, 0.3) is 0 Å². The maximum Gasteiger partial charge on any atom is 0.337 e. The van der Waals surface area contributed by atoms with Crippen molar-refractivity contribution >= 4 is 51.2 Å². The van der Waals surface area contributed by atoms with Crippen LogP contribution in [0.1, 0.15) is 11.7 Å². The van der Waals surface area contributed by atoms with E-state index in [0.717, 1.165) is 6.07 Å². The second-order valence-corrected chi connectivity index (χ2v) is 4.74. The van der Waals surface area contributed by atoms with Crippen LogP contribution in [0, 0.1) is 13.0 Å². The lowest BCUT2D eigenvalue weighted by Gasteiger charge is -2.10. The van der Waals surface area contributed by atoms with Gasteiger partial charge in [-0.2, -0.15) is 0 Å². The van der Waals surface area contributed by atoms with Gasteiger partial charge in [-0.1, -0.05) is 0 Å². The first-order valence-corrected chi connectivity index (χ1v) is 5.65. The van der Waals surface area contributed by atoms with Crippen LogP contribution in [0.15, 0.2) is 12.1 Å². The number of hydrogen-bond acceptors (Lipinski definition) is 2. The van der Waals surface area contributed by atoms with Gasteiger partial charge in [-0.15, -0.1) is 0 Å². The number of aliphatic carboxylic acids is 1. The summed E-state index contributed by atoms with van der Waals surface area (Å²) in [6, 6.07) is 2.67. The van der Waals surface area contributed by atoms with Gasteiger partial charge in [-0.05, 0) is 57.3 Å². The quantitative estimate of drug-likeness (QED) is 0.568. The Labute approximate surface area is 107 Å². The summed E-state index contributed by atoms with van der Waals surface area (Å²) in [6.07, 6.45) is -1.81. The summed E-state index contributed by atoms with van der Waals surface area (Å²) in [4.78, 5) is 10.5. The fourth-order valence-corrected chi connectivity index (χ4v) is 2.12. The van der Waals surface area contributed by atoms with E-state index in [1.165, 1.54) is 6.07 Å². The molecule has 0 aliphatic carbocycles. The zero-order chi connectivity index (χ0) is 10.9. The Balaban J connectivity index is 3.32.